The van der Waals surface area contributed by atoms with E-state index in [1.165, 1.54) is 0 Å². The molecule has 1 N–H and O–H groups in total. The molecule has 0 fully saturated rings. The van der Waals surface area contributed by atoms with E-state index < -0.39 is 11.7 Å². The third-order valence-corrected chi connectivity index (χ3v) is 3.96. The average Bonchev–Trinajstić information content (AvgIpc) is 2.99. The van der Waals surface area contributed by atoms with Crippen molar-refractivity contribution in [3.8, 4) is 0 Å². The van der Waals surface area contributed by atoms with Gasteiger partial charge < -0.3 is 14.4 Å². The van der Waals surface area contributed by atoms with Gasteiger partial charge in [-0.05, 0) is 18.4 Å². The predicted molar refractivity (Wildman–Crippen MR) is 78.7 cm³/mol. The monoisotopic (exact) mass is 290 g/mol. The van der Waals surface area contributed by atoms with Gasteiger partial charge in [-0.25, -0.2) is 0 Å². The predicted octanol–water partition coefficient (Wildman–Crippen LogP) is 3.01. The molecule has 0 amide bonds. The highest BCUT2D eigenvalue weighted by Crippen LogP contribution is 2.30. The molecule has 0 aliphatic heterocycles. The third-order valence-electron chi connectivity index (χ3n) is 3.96. The second kappa shape index (κ2) is 6.83. The second-order valence-corrected chi connectivity index (χ2v) is 5.05. The minimum absolute atomic E-state index is 0.296. The lowest BCUT2D eigenvalue weighted by Gasteiger charge is -2.25. The molecule has 0 spiro atoms. The Labute approximate surface area is 125 Å². The number of hydrogen-bond acceptors (Lipinski definition) is 5. The maximum absolute atomic E-state index is 10.2. The second-order valence-electron chi connectivity index (χ2n) is 5.05. The fraction of sp³-hybridized carbons (Fsp3) is 0.500. The first-order valence-electron chi connectivity index (χ1n) is 7.26. The highest BCUT2D eigenvalue weighted by atomic mass is 16.5. The third kappa shape index (κ3) is 3.31. The van der Waals surface area contributed by atoms with Crippen molar-refractivity contribution in [1.29, 1.82) is 0 Å². The quantitative estimate of drug-likeness (QED) is 0.849. The van der Waals surface area contributed by atoms with Crippen LogP contribution in [0.15, 0.2) is 34.9 Å². The molecule has 21 heavy (non-hydrogen) atoms. The van der Waals surface area contributed by atoms with Crippen molar-refractivity contribution < 1.29 is 14.4 Å². The number of rotatable bonds is 7. The number of aliphatic hydroxyl groups excluding tert-OH is 1. The van der Waals surface area contributed by atoms with Crippen LogP contribution in [0.25, 0.3) is 0 Å². The first-order valence-corrected chi connectivity index (χ1v) is 7.26. The van der Waals surface area contributed by atoms with E-state index in [9.17, 15) is 5.11 Å². The van der Waals surface area contributed by atoms with E-state index in [-0.39, 0.29) is 0 Å². The molecule has 0 aliphatic carbocycles. The number of methoxy groups -OCH3 is 1. The van der Waals surface area contributed by atoms with E-state index in [0.717, 1.165) is 18.4 Å². The largest absolute Gasteiger partial charge is 0.388 e. The summed E-state index contributed by atoms with van der Waals surface area (Å²) in [5.74, 6) is 0.968. The molecule has 114 valence electrons. The molecule has 5 nitrogen and oxygen atoms in total. The molecule has 0 saturated heterocycles. The van der Waals surface area contributed by atoms with Crippen LogP contribution >= 0.6 is 0 Å². The Balaban J connectivity index is 2.13. The Kier molecular flexibility index (Phi) is 5.09. The number of aliphatic hydroxyl groups is 1. The van der Waals surface area contributed by atoms with Crippen molar-refractivity contribution >= 4 is 0 Å². The molecule has 0 aliphatic rings. The van der Waals surface area contributed by atoms with E-state index in [2.05, 4.69) is 10.1 Å². The van der Waals surface area contributed by atoms with Crippen molar-refractivity contribution in [1.82, 2.24) is 10.1 Å². The molecular formula is C16H22N2O3. The minimum Gasteiger partial charge on any atom is -0.388 e. The summed E-state index contributed by atoms with van der Waals surface area (Å²) in [7, 11) is 1.65. The van der Waals surface area contributed by atoms with Crippen LogP contribution < -0.4 is 0 Å². The maximum atomic E-state index is 10.2. The summed E-state index contributed by atoms with van der Waals surface area (Å²) in [5.41, 5.74) is 0.320. The lowest BCUT2D eigenvalue weighted by Crippen LogP contribution is -2.28. The first kappa shape index (κ1) is 15.7. The van der Waals surface area contributed by atoms with Gasteiger partial charge in [-0.2, -0.15) is 4.98 Å². The van der Waals surface area contributed by atoms with E-state index in [4.69, 9.17) is 9.26 Å². The number of ether oxygens (including phenoxy) is 1. The highest BCUT2D eigenvalue weighted by Gasteiger charge is 2.33. The number of aromatic nitrogens is 2. The smallest absolute Gasteiger partial charge is 0.229 e. The van der Waals surface area contributed by atoms with Crippen LogP contribution in [0, 0.1) is 0 Å². The van der Waals surface area contributed by atoms with Crippen LogP contribution in [-0.4, -0.2) is 22.4 Å². The van der Waals surface area contributed by atoms with Crippen molar-refractivity contribution in [2.45, 2.75) is 44.8 Å². The zero-order valence-electron chi connectivity index (χ0n) is 12.7. The molecule has 5 heteroatoms. The number of hydrogen-bond donors (Lipinski definition) is 1. The topological polar surface area (TPSA) is 68.4 Å². The summed E-state index contributed by atoms with van der Waals surface area (Å²) >= 11 is 0. The molecule has 0 bridgehead atoms. The van der Waals surface area contributed by atoms with Gasteiger partial charge in [0.25, 0.3) is 0 Å². The van der Waals surface area contributed by atoms with Gasteiger partial charge in [0.2, 0.25) is 11.7 Å². The lowest BCUT2D eigenvalue weighted by atomic mass is 9.96. The molecule has 1 heterocycles. The van der Waals surface area contributed by atoms with Crippen LogP contribution in [0.1, 0.15) is 50.1 Å². The highest BCUT2D eigenvalue weighted by molar-refractivity contribution is 5.18. The fourth-order valence-corrected chi connectivity index (χ4v) is 2.43. The minimum atomic E-state index is -0.653. The molecule has 1 atom stereocenters. The van der Waals surface area contributed by atoms with Gasteiger partial charge in [0, 0.05) is 7.11 Å². The van der Waals surface area contributed by atoms with Crippen LogP contribution in [0.3, 0.4) is 0 Å². The molecular weight excluding hydrogens is 268 g/mol. The number of nitrogens with zero attached hydrogens (tertiary/aromatic N) is 2. The normalized spacial score (nSPS) is 13.3. The molecule has 2 rings (SSSR count). The van der Waals surface area contributed by atoms with Gasteiger partial charge in [0.1, 0.15) is 5.60 Å². The summed E-state index contributed by atoms with van der Waals surface area (Å²) < 4.78 is 10.8. The zero-order valence-corrected chi connectivity index (χ0v) is 12.7. The van der Waals surface area contributed by atoms with E-state index in [1.54, 1.807) is 7.11 Å². The van der Waals surface area contributed by atoms with Gasteiger partial charge in [0.15, 0.2) is 0 Å². The molecule has 1 aromatic carbocycles. The Morgan fingerprint density at radius 3 is 2.48 bits per heavy atom. The van der Waals surface area contributed by atoms with Crippen LogP contribution in [0.2, 0.25) is 0 Å². The van der Waals surface area contributed by atoms with E-state index in [1.807, 2.05) is 44.2 Å². The Morgan fingerprint density at radius 1 is 1.24 bits per heavy atom. The summed E-state index contributed by atoms with van der Waals surface area (Å²) in [6.07, 6.45) is 1.17. The van der Waals surface area contributed by atoms with Crippen LogP contribution in [0.4, 0.5) is 0 Å². The first-order chi connectivity index (χ1) is 10.1. The molecule has 0 radical (unpaired) electrons. The summed E-state index contributed by atoms with van der Waals surface area (Å²) in [6.45, 7) is 4.06. The Bertz CT molecular complexity index is 541. The van der Waals surface area contributed by atoms with Gasteiger partial charge in [-0.3, -0.25) is 0 Å². The van der Waals surface area contributed by atoms with Gasteiger partial charge in [-0.15, -0.1) is 0 Å². The maximum Gasteiger partial charge on any atom is 0.229 e. The Morgan fingerprint density at radius 2 is 1.90 bits per heavy atom. The fourth-order valence-electron chi connectivity index (χ4n) is 2.43. The molecule has 1 aromatic heterocycles. The average molecular weight is 290 g/mol. The van der Waals surface area contributed by atoms with Crippen LogP contribution in [0.5, 0.6) is 0 Å². The SMILES string of the molecule is CCC(CC)(OC)c1noc(CC(O)c2ccccc2)n1. The van der Waals surface area contributed by atoms with Crippen molar-refractivity contribution in [2.24, 2.45) is 0 Å². The van der Waals surface area contributed by atoms with Crippen LogP contribution in [-0.2, 0) is 16.8 Å². The summed E-state index contributed by atoms with van der Waals surface area (Å²) in [6, 6.07) is 9.44. The number of benzene rings is 1. The molecule has 2 aromatic rings. The van der Waals surface area contributed by atoms with Crippen molar-refractivity contribution in [2.75, 3.05) is 7.11 Å². The summed E-state index contributed by atoms with van der Waals surface area (Å²) in [4.78, 5) is 4.40. The van der Waals surface area contributed by atoms with E-state index in [0.29, 0.717) is 18.1 Å². The van der Waals surface area contributed by atoms with Gasteiger partial charge in [-0.1, -0.05) is 49.3 Å². The van der Waals surface area contributed by atoms with Crippen molar-refractivity contribution in [3.63, 3.8) is 0 Å². The van der Waals surface area contributed by atoms with Gasteiger partial charge >= 0.3 is 0 Å². The van der Waals surface area contributed by atoms with Gasteiger partial charge in [0.05, 0.1) is 12.5 Å². The van der Waals surface area contributed by atoms with Crippen molar-refractivity contribution in [3.05, 3.63) is 47.6 Å². The standard InChI is InChI=1S/C16H22N2O3/c1-4-16(5-2,20-3)15-17-14(21-18-15)11-13(19)12-9-7-6-8-10-12/h6-10,13,19H,4-5,11H2,1-3H3. The Hall–Kier alpha value is -1.72. The zero-order chi connectivity index (χ0) is 15.3. The summed E-state index contributed by atoms with van der Waals surface area (Å²) in [5, 5.41) is 14.2. The lowest BCUT2D eigenvalue weighted by molar-refractivity contribution is -0.0306. The molecule has 0 saturated carbocycles. The molecule has 1 unspecified atom stereocenters. The van der Waals surface area contributed by atoms with E-state index >= 15 is 0 Å².